The highest BCUT2D eigenvalue weighted by Gasteiger charge is 2.07. The summed E-state index contributed by atoms with van der Waals surface area (Å²) in [4.78, 5) is 22.6. The Bertz CT molecular complexity index is 559. The van der Waals surface area contributed by atoms with Crippen molar-refractivity contribution in [1.29, 1.82) is 0 Å². The van der Waals surface area contributed by atoms with Crippen molar-refractivity contribution in [2.24, 2.45) is 0 Å². The number of anilines is 1. The molecule has 0 unspecified atom stereocenters. The van der Waals surface area contributed by atoms with Gasteiger partial charge in [-0.15, -0.1) is 0 Å². The zero-order valence-electron chi connectivity index (χ0n) is 13.6. The minimum Gasteiger partial charge on any atom is -0.461 e. The summed E-state index contributed by atoms with van der Waals surface area (Å²) in [6.45, 7) is 2.23. The van der Waals surface area contributed by atoms with E-state index in [1.165, 1.54) is 30.3 Å². The van der Waals surface area contributed by atoms with Crippen LogP contribution in [0.3, 0.4) is 0 Å². The SMILES string of the molecule is CCOC(=O)C(F)=CCCCCCNC(=O)Nc1ccc(F)cc1. The highest BCUT2D eigenvalue weighted by atomic mass is 19.1. The largest absolute Gasteiger partial charge is 0.461 e. The third kappa shape index (κ3) is 8.26. The fourth-order valence-electron chi connectivity index (χ4n) is 1.87. The summed E-state index contributed by atoms with van der Waals surface area (Å²) in [5.74, 6) is -2.17. The Morgan fingerprint density at radius 3 is 2.54 bits per heavy atom. The quantitative estimate of drug-likeness (QED) is 0.407. The topological polar surface area (TPSA) is 67.4 Å². The van der Waals surface area contributed by atoms with E-state index in [2.05, 4.69) is 15.4 Å². The Morgan fingerprint density at radius 2 is 1.88 bits per heavy atom. The molecule has 1 rings (SSSR count). The molecule has 24 heavy (non-hydrogen) atoms. The van der Waals surface area contributed by atoms with E-state index in [1.807, 2.05) is 0 Å². The van der Waals surface area contributed by atoms with Gasteiger partial charge in [0.2, 0.25) is 5.83 Å². The number of unbranched alkanes of at least 4 members (excludes halogenated alkanes) is 3. The maximum absolute atomic E-state index is 13.2. The first-order valence-electron chi connectivity index (χ1n) is 7.86. The molecule has 0 aliphatic carbocycles. The van der Waals surface area contributed by atoms with Gasteiger partial charge in [0, 0.05) is 12.2 Å². The van der Waals surface area contributed by atoms with E-state index in [9.17, 15) is 18.4 Å². The lowest BCUT2D eigenvalue weighted by Gasteiger charge is -2.07. The molecule has 1 aromatic carbocycles. The maximum atomic E-state index is 13.2. The van der Waals surface area contributed by atoms with Crippen LogP contribution in [0, 0.1) is 5.82 Å². The molecule has 0 atom stereocenters. The predicted octanol–water partition coefficient (Wildman–Crippen LogP) is 3.92. The van der Waals surface area contributed by atoms with Gasteiger partial charge in [0.1, 0.15) is 5.82 Å². The number of hydrogen-bond acceptors (Lipinski definition) is 3. The molecule has 0 fully saturated rings. The average molecular weight is 340 g/mol. The molecular formula is C17H22F2N2O3. The summed E-state index contributed by atoms with van der Waals surface area (Å²) < 4.78 is 30.4. The number of hydrogen-bond donors (Lipinski definition) is 2. The van der Waals surface area contributed by atoms with Crippen molar-refractivity contribution >= 4 is 17.7 Å². The molecule has 0 aliphatic heterocycles. The van der Waals surface area contributed by atoms with Crippen LogP contribution in [-0.2, 0) is 9.53 Å². The van der Waals surface area contributed by atoms with Gasteiger partial charge in [-0.2, -0.15) is 4.39 Å². The van der Waals surface area contributed by atoms with E-state index in [0.717, 1.165) is 12.8 Å². The third-order valence-corrected chi connectivity index (χ3v) is 3.06. The Kier molecular flexibility index (Phi) is 9.11. The average Bonchev–Trinajstić information content (AvgIpc) is 2.56. The summed E-state index contributed by atoms with van der Waals surface area (Å²) in [5, 5.41) is 5.26. The zero-order valence-corrected chi connectivity index (χ0v) is 13.6. The first kappa shape index (κ1) is 19.6. The van der Waals surface area contributed by atoms with E-state index in [4.69, 9.17) is 0 Å². The van der Waals surface area contributed by atoms with Crippen LogP contribution in [0.2, 0.25) is 0 Å². The van der Waals surface area contributed by atoms with E-state index in [-0.39, 0.29) is 18.5 Å². The van der Waals surface area contributed by atoms with Gasteiger partial charge in [-0.05, 0) is 56.5 Å². The second kappa shape index (κ2) is 11.2. The van der Waals surface area contributed by atoms with E-state index in [0.29, 0.717) is 25.1 Å². The molecule has 0 aromatic heterocycles. The molecule has 0 aliphatic rings. The van der Waals surface area contributed by atoms with Gasteiger partial charge >= 0.3 is 12.0 Å². The lowest BCUT2D eigenvalue weighted by molar-refractivity contribution is -0.140. The van der Waals surface area contributed by atoms with Gasteiger partial charge in [-0.25, -0.2) is 14.0 Å². The first-order chi connectivity index (χ1) is 11.5. The summed E-state index contributed by atoms with van der Waals surface area (Å²) in [7, 11) is 0. The van der Waals surface area contributed by atoms with Gasteiger partial charge in [0.25, 0.3) is 0 Å². The molecule has 5 nitrogen and oxygen atoms in total. The number of carbonyl (C=O) groups is 2. The molecule has 0 saturated carbocycles. The molecule has 0 saturated heterocycles. The van der Waals surface area contributed by atoms with E-state index >= 15 is 0 Å². The Morgan fingerprint density at radius 1 is 1.17 bits per heavy atom. The summed E-state index contributed by atoms with van der Waals surface area (Å²) in [6, 6.07) is 5.10. The Balaban J connectivity index is 2.09. The molecule has 7 heteroatoms. The molecule has 2 N–H and O–H groups in total. The van der Waals surface area contributed by atoms with Gasteiger partial charge in [-0.3, -0.25) is 0 Å². The van der Waals surface area contributed by atoms with Crippen LogP contribution in [0.1, 0.15) is 32.6 Å². The number of halogens is 2. The van der Waals surface area contributed by atoms with E-state index < -0.39 is 11.8 Å². The van der Waals surface area contributed by atoms with Crippen LogP contribution < -0.4 is 10.6 Å². The summed E-state index contributed by atoms with van der Waals surface area (Å²) in [6.07, 6.45) is 3.86. The lowest BCUT2D eigenvalue weighted by Crippen LogP contribution is -2.29. The smallest absolute Gasteiger partial charge is 0.366 e. The molecule has 1 aromatic rings. The van der Waals surface area contributed by atoms with Crippen LogP contribution in [0.4, 0.5) is 19.3 Å². The maximum Gasteiger partial charge on any atom is 0.366 e. The summed E-state index contributed by atoms with van der Waals surface area (Å²) >= 11 is 0. The highest BCUT2D eigenvalue weighted by Crippen LogP contribution is 2.08. The molecule has 2 amide bonds. The Labute approximate surface area is 140 Å². The Hall–Kier alpha value is -2.44. The van der Waals surface area contributed by atoms with Crippen LogP contribution >= 0.6 is 0 Å². The second-order valence-corrected chi connectivity index (χ2v) is 5.01. The van der Waals surface area contributed by atoms with Crippen LogP contribution in [-0.4, -0.2) is 25.2 Å². The molecule has 0 bridgehead atoms. The molecule has 132 valence electrons. The minimum absolute atomic E-state index is 0.145. The molecular weight excluding hydrogens is 318 g/mol. The van der Waals surface area contributed by atoms with Crippen molar-refractivity contribution < 1.29 is 23.1 Å². The van der Waals surface area contributed by atoms with Crippen LogP contribution in [0.5, 0.6) is 0 Å². The van der Waals surface area contributed by atoms with E-state index in [1.54, 1.807) is 6.92 Å². The van der Waals surface area contributed by atoms with Crippen molar-refractivity contribution in [3.05, 3.63) is 42.0 Å². The molecule has 0 radical (unpaired) electrons. The zero-order chi connectivity index (χ0) is 17.8. The number of allylic oxidation sites excluding steroid dienone is 1. The molecule has 0 heterocycles. The van der Waals surface area contributed by atoms with Crippen molar-refractivity contribution in [2.75, 3.05) is 18.5 Å². The number of rotatable bonds is 9. The standard InChI is InChI=1S/C17H22F2N2O3/c1-2-24-16(22)15(19)7-5-3-4-6-12-20-17(23)21-14-10-8-13(18)9-11-14/h7-11H,2-6,12H2,1H3,(H2,20,21,23). The first-order valence-corrected chi connectivity index (χ1v) is 7.86. The normalized spacial score (nSPS) is 11.0. The van der Waals surface area contributed by atoms with Gasteiger partial charge in [0.15, 0.2) is 0 Å². The summed E-state index contributed by atoms with van der Waals surface area (Å²) in [5.41, 5.74) is 0.508. The number of urea groups is 1. The number of ether oxygens (including phenoxy) is 1. The predicted molar refractivity (Wildman–Crippen MR) is 87.7 cm³/mol. The van der Waals surface area contributed by atoms with Crippen molar-refractivity contribution in [3.8, 4) is 0 Å². The lowest BCUT2D eigenvalue weighted by atomic mass is 10.2. The van der Waals surface area contributed by atoms with Crippen molar-refractivity contribution in [2.45, 2.75) is 32.6 Å². The molecule has 0 spiro atoms. The van der Waals surface area contributed by atoms with Crippen LogP contribution in [0.25, 0.3) is 0 Å². The second-order valence-electron chi connectivity index (χ2n) is 5.01. The fraction of sp³-hybridized carbons (Fsp3) is 0.412. The number of carbonyl (C=O) groups excluding carboxylic acids is 2. The van der Waals surface area contributed by atoms with Gasteiger partial charge < -0.3 is 15.4 Å². The van der Waals surface area contributed by atoms with Gasteiger partial charge in [0.05, 0.1) is 6.61 Å². The number of esters is 1. The fourth-order valence-corrected chi connectivity index (χ4v) is 1.87. The van der Waals surface area contributed by atoms with Crippen molar-refractivity contribution in [1.82, 2.24) is 5.32 Å². The highest BCUT2D eigenvalue weighted by molar-refractivity contribution is 5.89. The van der Waals surface area contributed by atoms with Gasteiger partial charge in [-0.1, -0.05) is 6.42 Å². The van der Waals surface area contributed by atoms with Crippen molar-refractivity contribution in [3.63, 3.8) is 0 Å². The number of benzene rings is 1. The monoisotopic (exact) mass is 340 g/mol. The number of amides is 2. The number of nitrogens with one attached hydrogen (secondary N) is 2. The minimum atomic E-state index is -0.934. The third-order valence-electron chi connectivity index (χ3n) is 3.06. The van der Waals surface area contributed by atoms with Crippen LogP contribution in [0.15, 0.2) is 36.2 Å².